The van der Waals surface area contributed by atoms with Crippen LogP contribution in [0.2, 0.25) is 5.02 Å². The molecule has 2 aliphatic rings. The molecule has 0 unspecified atom stereocenters. The molecule has 4 rings (SSSR count). The normalized spacial score (nSPS) is 21.0. The number of hydrogen-bond acceptors (Lipinski definition) is 6. The lowest BCUT2D eigenvalue weighted by molar-refractivity contribution is -0.121. The molecule has 1 fully saturated rings. The first kappa shape index (κ1) is 24.3. The number of fused-ring (bicyclic) bond motifs is 1. The van der Waals surface area contributed by atoms with Gasteiger partial charge in [0.15, 0.2) is 10.8 Å². The van der Waals surface area contributed by atoms with Gasteiger partial charge in [-0.2, -0.15) is 0 Å². The Morgan fingerprint density at radius 1 is 1.21 bits per heavy atom. The monoisotopic (exact) mass is 505 g/mol. The molecule has 0 bridgehead atoms. The average Bonchev–Trinajstić information content (AvgIpc) is 3.25. The van der Waals surface area contributed by atoms with Crippen LogP contribution in [-0.4, -0.2) is 71.8 Å². The van der Waals surface area contributed by atoms with Crippen LogP contribution in [0.1, 0.15) is 32.4 Å². The van der Waals surface area contributed by atoms with Crippen LogP contribution in [0.25, 0.3) is 6.08 Å². The molecule has 34 heavy (non-hydrogen) atoms. The molecule has 8 nitrogen and oxygen atoms in total. The second kappa shape index (κ2) is 10.6. The maximum absolute atomic E-state index is 14.5. The van der Waals surface area contributed by atoms with Gasteiger partial charge in [0.25, 0.3) is 11.8 Å². The highest BCUT2D eigenvalue weighted by Crippen LogP contribution is 2.25. The van der Waals surface area contributed by atoms with E-state index in [2.05, 4.69) is 20.5 Å². The van der Waals surface area contributed by atoms with Crippen LogP contribution < -0.4 is 10.6 Å². The highest BCUT2D eigenvalue weighted by Gasteiger charge is 2.33. The zero-order valence-corrected chi connectivity index (χ0v) is 20.2. The molecule has 1 aromatic carbocycles. The molecule has 0 aliphatic carbocycles. The third-order valence-electron chi connectivity index (χ3n) is 5.92. The van der Waals surface area contributed by atoms with Gasteiger partial charge in [-0.15, -0.1) is 11.3 Å². The lowest BCUT2D eigenvalue weighted by atomic mass is 9.99. The summed E-state index contributed by atoms with van der Waals surface area (Å²) in [6.07, 6.45) is 2.99. The number of aromatic nitrogens is 1. The van der Waals surface area contributed by atoms with E-state index in [9.17, 15) is 18.8 Å². The number of hydrogen-bond donors (Lipinski definition) is 2. The molecule has 1 saturated heterocycles. The first-order valence-corrected chi connectivity index (χ1v) is 12.1. The Kier molecular flexibility index (Phi) is 7.60. The number of nitrogens with zero attached hydrogens (tertiary/aromatic N) is 3. The van der Waals surface area contributed by atoms with E-state index in [1.54, 1.807) is 24.3 Å². The molecule has 2 aliphatic heterocycles. The summed E-state index contributed by atoms with van der Waals surface area (Å²) in [6.45, 7) is 2.23. The number of rotatable bonds is 6. The van der Waals surface area contributed by atoms with E-state index < -0.39 is 23.8 Å². The highest BCUT2D eigenvalue weighted by atomic mass is 35.5. The minimum absolute atomic E-state index is 0.205. The molecule has 2 N–H and O–H groups in total. The predicted octanol–water partition coefficient (Wildman–Crippen LogP) is 2.24. The Balaban J connectivity index is 1.44. The molecular formula is C23H25ClFN5O3S. The van der Waals surface area contributed by atoms with Gasteiger partial charge in [0, 0.05) is 42.5 Å². The number of amides is 3. The van der Waals surface area contributed by atoms with E-state index in [1.165, 1.54) is 16.2 Å². The summed E-state index contributed by atoms with van der Waals surface area (Å²) in [6, 6.07) is 5.29. The first-order valence-electron chi connectivity index (χ1n) is 10.9. The van der Waals surface area contributed by atoms with Gasteiger partial charge in [-0.25, -0.2) is 9.37 Å². The molecule has 2 aromatic rings. The van der Waals surface area contributed by atoms with Crippen molar-refractivity contribution in [1.29, 1.82) is 0 Å². The smallest absolute Gasteiger partial charge is 0.280 e. The van der Waals surface area contributed by atoms with Crippen molar-refractivity contribution in [2.75, 3.05) is 26.7 Å². The largest absolute Gasteiger partial charge is 0.345 e. The summed E-state index contributed by atoms with van der Waals surface area (Å²) < 4.78 is 14.5. The maximum atomic E-state index is 14.5. The van der Waals surface area contributed by atoms with E-state index in [1.807, 2.05) is 7.05 Å². The molecule has 0 radical (unpaired) electrons. The maximum Gasteiger partial charge on any atom is 0.280 e. The van der Waals surface area contributed by atoms with Crippen LogP contribution in [0.15, 0.2) is 30.1 Å². The number of piperidine rings is 1. The zero-order valence-electron chi connectivity index (χ0n) is 18.6. The minimum Gasteiger partial charge on any atom is -0.345 e. The van der Waals surface area contributed by atoms with Crippen molar-refractivity contribution < 1.29 is 18.8 Å². The van der Waals surface area contributed by atoms with Gasteiger partial charge in [-0.3, -0.25) is 14.4 Å². The summed E-state index contributed by atoms with van der Waals surface area (Å²) in [5, 5.41) is 6.42. The fourth-order valence-corrected chi connectivity index (χ4v) is 5.27. The Hall–Kier alpha value is -2.82. The van der Waals surface area contributed by atoms with Gasteiger partial charge in [0.1, 0.15) is 0 Å². The van der Waals surface area contributed by atoms with Crippen LogP contribution in [0, 0.1) is 0 Å². The van der Waals surface area contributed by atoms with Gasteiger partial charge in [-0.05, 0) is 37.2 Å². The zero-order chi connectivity index (χ0) is 24.2. The molecule has 2 atom stereocenters. The van der Waals surface area contributed by atoms with Gasteiger partial charge >= 0.3 is 0 Å². The molecule has 11 heteroatoms. The van der Waals surface area contributed by atoms with Crippen molar-refractivity contribution in [3.63, 3.8) is 0 Å². The highest BCUT2D eigenvalue weighted by molar-refractivity contribution is 7.13. The van der Waals surface area contributed by atoms with Crippen molar-refractivity contribution in [2.24, 2.45) is 0 Å². The quantitative estimate of drug-likeness (QED) is 0.464. The summed E-state index contributed by atoms with van der Waals surface area (Å²) in [5.41, 5.74) is 1.43. The Morgan fingerprint density at radius 2 is 1.97 bits per heavy atom. The number of halogens is 2. The van der Waals surface area contributed by atoms with E-state index in [4.69, 9.17) is 11.6 Å². The lowest BCUT2D eigenvalue weighted by Gasteiger charge is -2.37. The Bertz CT molecular complexity index is 1110. The van der Waals surface area contributed by atoms with Gasteiger partial charge in [-0.1, -0.05) is 23.7 Å². The summed E-state index contributed by atoms with van der Waals surface area (Å²) in [7, 11) is 2.02. The summed E-state index contributed by atoms with van der Waals surface area (Å²) in [4.78, 5) is 46.0. The van der Waals surface area contributed by atoms with Crippen molar-refractivity contribution in [3.8, 4) is 0 Å². The number of benzene rings is 1. The van der Waals surface area contributed by atoms with Crippen LogP contribution >= 0.6 is 22.9 Å². The van der Waals surface area contributed by atoms with Gasteiger partial charge < -0.3 is 20.4 Å². The van der Waals surface area contributed by atoms with Gasteiger partial charge in [0.05, 0.1) is 17.8 Å². The molecule has 0 spiro atoms. The fourth-order valence-electron chi connectivity index (χ4n) is 4.05. The fraction of sp³-hybridized carbons (Fsp3) is 0.391. The lowest BCUT2D eigenvalue weighted by Crippen LogP contribution is -2.60. The molecule has 1 aromatic heterocycles. The van der Waals surface area contributed by atoms with Crippen LogP contribution in [-0.2, 0) is 22.6 Å². The standard InChI is InChI=1S/C23H25ClFN5O3S/c1-29-8-6-18-20(12-29)34-23(28-18)22(33)27-19-11-30(13-31)9-7-17(19)26-21(32)16(25)10-14-2-4-15(24)5-3-14/h2-5,10,13,17,19H,6-9,11-12H2,1H3,(H,26,32)(H,27,33)/t17-,19+/m0/s1. The number of carbonyl (C=O) groups excluding carboxylic acids is 3. The van der Waals surface area contributed by atoms with Crippen LogP contribution in [0.3, 0.4) is 0 Å². The predicted molar refractivity (Wildman–Crippen MR) is 128 cm³/mol. The molecule has 0 saturated carbocycles. The second-order valence-electron chi connectivity index (χ2n) is 8.47. The van der Waals surface area contributed by atoms with E-state index in [0.29, 0.717) is 35.0 Å². The van der Waals surface area contributed by atoms with Crippen LogP contribution in [0.5, 0.6) is 0 Å². The molecule has 3 amide bonds. The number of thiazole rings is 1. The first-order chi connectivity index (χ1) is 16.3. The van der Waals surface area contributed by atoms with Crippen molar-refractivity contribution in [3.05, 3.63) is 56.3 Å². The average molecular weight is 506 g/mol. The van der Waals surface area contributed by atoms with Crippen molar-refractivity contribution >= 4 is 47.2 Å². The molecule has 180 valence electrons. The van der Waals surface area contributed by atoms with E-state index >= 15 is 0 Å². The Labute approximate surface area is 205 Å². The molecular weight excluding hydrogens is 481 g/mol. The Morgan fingerprint density at radius 3 is 2.71 bits per heavy atom. The third kappa shape index (κ3) is 5.81. The van der Waals surface area contributed by atoms with Gasteiger partial charge in [0.2, 0.25) is 6.41 Å². The number of likely N-dealkylation sites (N-methyl/N-ethyl adjacent to an activating group) is 1. The third-order valence-corrected chi connectivity index (χ3v) is 7.26. The van der Waals surface area contributed by atoms with Crippen LogP contribution in [0.4, 0.5) is 4.39 Å². The van der Waals surface area contributed by atoms with E-state index in [0.717, 1.165) is 36.2 Å². The summed E-state index contributed by atoms with van der Waals surface area (Å²) >= 11 is 7.19. The van der Waals surface area contributed by atoms with Crippen molar-refractivity contribution in [1.82, 2.24) is 25.4 Å². The molecule has 3 heterocycles. The SMILES string of the molecule is CN1CCc2nc(C(=O)N[C@@H]3CN(C=O)CC[C@@H]3NC(=O)C(F)=Cc3ccc(Cl)cc3)sc2C1. The number of likely N-dealkylation sites (tertiary alicyclic amines) is 1. The summed E-state index contributed by atoms with van der Waals surface area (Å²) in [5.74, 6) is -2.20. The number of nitrogens with one attached hydrogen (secondary N) is 2. The number of carbonyl (C=O) groups is 3. The topological polar surface area (TPSA) is 94.6 Å². The van der Waals surface area contributed by atoms with Crippen molar-refractivity contribution in [2.45, 2.75) is 31.5 Å². The minimum atomic E-state index is -0.957. The second-order valence-corrected chi connectivity index (χ2v) is 9.99. The van der Waals surface area contributed by atoms with E-state index in [-0.39, 0.29) is 12.5 Å².